The number of hydrogen-bond donors (Lipinski definition) is 0. The number of esters is 1. The number of carbonyl (C=O) groups excluding carboxylic acids is 2. The number of hydrogen-bond acceptors (Lipinski definition) is 4. The number of ether oxygens (including phenoxy) is 1. The number of carbonyl (C=O) groups is 2. The molecule has 0 unspecified atom stereocenters. The van der Waals surface area contributed by atoms with Gasteiger partial charge in [-0.2, -0.15) is 0 Å². The van der Waals surface area contributed by atoms with E-state index in [0.717, 1.165) is 12.8 Å². The van der Waals surface area contributed by atoms with E-state index in [1.807, 2.05) is 0 Å². The second-order valence-corrected chi connectivity index (χ2v) is 3.22. The van der Waals surface area contributed by atoms with Gasteiger partial charge in [0.2, 0.25) is 0 Å². The minimum absolute atomic E-state index is 0.0274. The van der Waals surface area contributed by atoms with Crippen molar-refractivity contribution in [1.29, 1.82) is 0 Å². The van der Waals surface area contributed by atoms with Crippen molar-refractivity contribution >= 4 is 11.8 Å². The second-order valence-electron chi connectivity index (χ2n) is 3.22. The van der Waals surface area contributed by atoms with Gasteiger partial charge in [0.25, 0.3) is 0 Å². The normalized spacial score (nSPS) is 15.1. The van der Waals surface area contributed by atoms with Gasteiger partial charge >= 0.3 is 5.97 Å². The predicted molar refractivity (Wildman–Crippen MR) is 47.3 cm³/mol. The highest BCUT2D eigenvalue weighted by molar-refractivity contribution is 6.07. The monoisotopic (exact) mass is 194 g/mol. The minimum Gasteiger partial charge on any atom is -0.468 e. The van der Waals surface area contributed by atoms with E-state index < -0.39 is 5.97 Å². The van der Waals surface area contributed by atoms with Crippen molar-refractivity contribution in [3.8, 4) is 0 Å². The first-order valence-corrected chi connectivity index (χ1v) is 4.46. The number of fused-ring (bicyclic) bond motifs is 1. The second kappa shape index (κ2) is 3.29. The Labute approximate surface area is 80.8 Å². The van der Waals surface area contributed by atoms with Gasteiger partial charge in [0.1, 0.15) is 17.6 Å². The van der Waals surface area contributed by atoms with Crippen LogP contribution in [0.2, 0.25) is 0 Å². The molecule has 2 rings (SSSR count). The van der Waals surface area contributed by atoms with E-state index in [9.17, 15) is 9.59 Å². The van der Waals surface area contributed by atoms with Crippen molar-refractivity contribution in [2.75, 3.05) is 7.11 Å². The van der Waals surface area contributed by atoms with Crippen LogP contribution in [0.15, 0.2) is 10.7 Å². The zero-order chi connectivity index (χ0) is 10.1. The number of methoxy groups -OCH3 is 1. The Balaban J connectivity index is 2.48. The molecule has 4 nitrogen and oxygen atoms in total. The van der Waals surface area contributed by atoms with Crippen LogP contribution >= 0.6 is 0 Å². The summed E-state index contributed by atoms with van der Waals surface area (Å²) < 4.78 is 9.72. The maximum absolute atomic E-state index is 11.5. The number of Topliss-reactive ketones (excluding diaryl/α,β-unsaturated/α-hetero) is 1. The van der Waals surface area contributed by atoms with Crippen LogP contribution in [0.4, 0.5) is 0 Å². The molecule has 0 radical (unpaired) electrons. The summed E-state index contributed by atoms with van der Waals surface area (Å²) in [4.78, 5) is 22.8. The van der Waals surface area contributed by atoms with Gasteiger partial charge < -0.3 is 9.15 Å². The lowest BCUT2D eigenvalue weighted by Crippen LogP contribution is -2.13. The van der Waals surface area contributed by atoms with Crippen molar-refractivity contribution in [2.45, 2.75) is 19.3 Å². The van der Waals surface area contributed by atoms with Crippen LogP contribution in [0.1, 0.15) is 39.3 Å². The quantitative estimate of drug-likeness (QED) is 0.637. The molecule has 0 aromatic carbocycles. The zero-order valence-corrected chi connectivity index (χ0v) is 7.83. The lowest BCUT2D eigenvalue weighted by molar-refractivity contribution is 0.0596. The number of furan rings is 1. The van der Waals surface area contributed by atoms with Crippen molar-refractivity contribution in [3.05, 3.63) is 23.2 Å². The SMILES string of the molecule is COC(=O)c1coc2c1C(=O)CCC2. The maximum atomic E-state index is 11.5. The first kappa shape index (κ1) is 8.99. The molecule has 1 aliphatic carbocycles. The first-order chi connectivity index (χ1) is 6.74. The minimum atomic E-state index is -0.509. The van der Waals surface area contributed by atoms with E-state index in [4.69, 9.17) is 4.42 Å². The Kier molecular flexibility index (Phi) is 2.11. The highest BCUT2D eigenvalue weighted by Gasteiger charge is 2.27. The fourth-order valence-electron chi connectivity index (χ4n) is 1.68. The van der Waals surface area contributed by atoms with Crippen LogP contribution in [0.25, 0.3) is 0 Å². The number of aryl methyl sites for hydroxylation is 1. The van der Waals surface area contributed by atoms with E-state index >= 15 is 0 Å². The molecule has 0 saturated carbocycles. The zero-order valence-electron chi connectivity index (χ0n) is 7.83. The van der Waals surface area contributed by atoms with Gasteiger partial charge in [-0.05, 0) is 6.42 Å². The third-order valence-corrected chi connectivity index (χ3v) is 2.36. The summed E-state index contributed by atoms with van der Waals surface area (Å²) in [6, 6.07) is 0. The summed E-state index contributed by atoms with van der Waals surface area (Å²) in [6.45, 7) is 0. The summed E-state index contributed by atoms with van der Waals surface area (Å²) in [6.07, 6.45) is 3.30. The molecule has 1 aromatic heterocycles. The molecule has 4 heteroatoms. The van der Waals surface area contributed by atoms with Gasteiger partial charge in [0.15, 0.2) is 5.78 Å². The number of ketones is 1. The van der Waals surface area contributed by atoms with Gasteiger partial charge in [-0.3, -0.25) is 4.79 Å². The van der Waals surface area contributed by atoms with E-state index in [1.165, 1.54) is 13.4 Å². The summed E-state index contributed by atoms with van der Waals surface area (Å²) in [5, 5.41) is 0. The molecule has 0 aliphatic heterocycles. The molecule has 0 fully saturated rings. The average Bonchev–Trinajstić information content (AvgIpc) is 2.62. The summed E-state index contributed by atoms with van der Waals surface area (Å²) >= 11 is 0. The van der Waals surface area contributed by atoms with Gasteiger partial charge in [-0.15, -0.1) is 0 Å². The molecule has 0 saturated heterocycles. The smallest absolute Gasteiger partial charge is 0.341 e. The maximum Gasteiger partial charge on any atom is 0.341 e. The molecule has 0 atom stereocenters. The summed E-state index contributed by atoms with van der Waals surface area (Å²) in [5.74, 6) is 0.0762. The molecule has 14 heavy (non-hydrogen) atoms. The molecule has 1 aromatic rings. The van der Waals surface area contributed by atoms with Crippen molar-refractivity contribution in [2.24, 2.45) is 0 Å². The Morgan fingerprint density at radius 2 is 2.29 bits per heavy atom. The highest BCUT2D eigenvalue weighted by atomic mass is 16.5. The third kappa shape index (κ3) is 1.23. The summed E-state index contributed by atoms with van der Waals surface area (Å²) in [7, 11) is 1.29. The molecule has 1 aliphatic rings. The Morgan fingerprint density at radius 3 is 3.00 bits per heavy atom. The lowest BCUT2D eigenvalue weighted by atomic mass is 9.94. The van der Waals surface area contributed by atoms with Crippen LogP contribution in [0.3, 0.4) is 0 Å². The fourth-order valence-corrected chi connectivity index (χ4v) is 1.68. The van der Waals surface area contributed by atoms with Gasteiger partial charge in [0, 0.05) is 12.8 Å². The highest BCUT2D eigenvalue weighted by Crippen LogP contribution is 2.26. The first-order valence-electron chi connectivity index (χ1n) is 4.46. The van der Waals surface area contributed by atoms with Crippen molar-refractivity contribution < 1.29 is 18.7 Å². The van der Waals surface area contributed by atoms with Gasteiger partial charge in [0.05, 0.1) is 12.7 Å². The van der Waals surface area contributed by atoms with Crippen LogP contribution in [-0.2, 0) is 11.2 Å². The number of rotatable bonds is 1. The molecule has 74 valence electrons. The topological polar surface area (TPSA) is 56.5 Å². The predicted octanol–water partition coefficient (Wildman–Crippen LogP) is 1.59. The standard InChI is InChI=1S/C10H10O4/c1-13-10(12)6-5-14-8-4-2-3-7(11)9(6)8/h5H,2-4H2,1H3. The van der Waals surface area contributed by atoms with Crippen molar-refractivity contribution in [3.63, 3.8) is 0 Å². The van der Waals surface area contributed by atoms with Gasteiger partial charge in [-0.25, -0.2) is 4.79 Å². The molecule has 1 heterocycles. The largest absolute Gasteiger partial charge is 0.468 e. The average molecular weight is 194 g/mol. The lowest BCUT2D eigenvalue weighted by Gasteiger charge is -2.08. The summed E-state index contributed by atoms with van der Waals surface area (Å²) in [5.41, 5.74) is 0.676. The van der Waals surface area contributed by atoms with Crippen molar-refractivity contribution in [1.82, 2.24) is 0 Å². The molecule has 0 spiro atoms. The Morgan fingerprint density at radius 1 is 1.50 bits per heavy atom. The Bertz CT molecular complexity index is 389. The van der Waals surface area contributed by atoms with Crippen LogP contribution < -0.4 is 0 Å². The Hall–Kier alpha value is -1.58. The van der Waals surface area contributed by atoms with Gasteiger partial charge in [-0.1, -0.05) is 0 Å². The third-order valence-electron chi connectivity index (χ3n) is 2.36. The fraction of sp³-hybridized carbons (Fsp3) is 0.400. The van der Waals surface area contributed by atoms with E-state index in [0.29, 0.717) is 17.7 Å². The van der Waals surface area contributed by atoms with E-state index in [2.05, 4.69) is 4.74 Å². The van der Waals surface area contributed by atoms with E-state index in [1.54, 1.807) is 0 Å². The van der Waals surface area contributed by atoms with E-state index in [-0.39, 0.29) is 11.3 Å². The van der Waals surface area contributed by atoms with Crippen LogP contribution in [0.5, 0.6) is 0 Å². The molecule has 0 amide bonds. The van der Waals surface area contributed by atoms with Crippen LogP contribution in [-0.4, -0.2) is 18.9 Å². The van der Waals surface area contributed by atoms with Crippen LogP contribution in [0, 0.1) is 0 Å². The molecule has 0 bridgehead atoms. The molecule has 0 N–H and O–H groups in total. The molecular formula is C10H10O4. The molecular weight excluding hydrogens is 184 g/mol.